The van der Waals surface area contributed by atoms with Crippen molar-refractivity contribution in [3.63, 3.8) is 0 Å². The Kier molecular flexibility index (Phi) is 2.64. The number of aromatic carboxylic acids is 1. The number of nitrogens with zero attached hydrogens (tertiary/aromatic N) is 1. The second-order valence-corrected chi connectivity index (χ2v) is 3.21. The van der Waals surface area contributed by atoms with E-state index in [0.717, 1.165) is 0 Å². The number of hydrogen-bond donors (Lipinski definition) is 1. The van der Waals surface area contributed by atoms with Crippen molar-refractivity contribution in [2.45, 2.75) is 0 Å². The van der Waals surface area contributed by atoms with Crippen LogP contribution in [-0.2, 0) is 0 Å². The molecule has 1 heterocycles. The van der Waals surface area contributed by atoms with Crippen molar-refractivity contribution in [3.05, 3.63) is 54.0 Å². The maximum Gasteiger partial charge on any atom is 0.338 e. The third-order valence-electron chi connectivity index (χ3n) is 2.16. The van der Waals surface area contributed by atoms with Gasteiger partial charge in [0, 0.05) is 11.8 Å². The molecule has 0 amide bonds. The number of benzene rings is 1. The molecule has 0 atom stereocenters. The number of carboxylic acids is 1. The molecule has 0 aliphatic carbocycles. The van der Waals surface area contributed by atoms with Crippen LogP contribution >= 0.6 is 0 Å². The fourth-order valence-electron chi connectivity index (χ4n) is 1.38. The van der Waals surface area contributed by atoms with Crippen molar-refractivity contribution >= 4 is 5.97 Å². The topological polar surface area (TPSA) is 50.2 Å². The van der Waals surface area contributed by atoms with Crippen molar-refractivity contribution < 1.29 is 14.3 Å². The van der Waals surface area contributed by atoms with Gasteiger partial charge < -0.3 is 5.11 Å². The standard InChI is InChI=1S/C12H8FNO2/c13-10-7-8(4-5-9(10)12(15)16)11-3-1-2-6-14-11/h1-7H,(H,15,16). The lowest BCUT2D eigenvalue weighted by Crippen LogP contribution is -2.00. The van der Waals surface area contributed by atoms with Gasteiger partial charge in [-0.3, -0.25) is 4.98 Å². The van der Waals surface area contributed by atoms with E-state index in [1.165, 1.54) is 18.2 Å². The highest BCUT2D eigenvalue weighted by Crippen LogP contribution is 2.19. The Morgan fingerprint density at radius 1 is 1.25 bits per heavy atom. The van der Waals surface area contributed by atoms with Crippen molar-refractivity contribution in [2.24, 2.45) is 0 Å². The number of pyridine rings is 1. The zero-order valence-corrected chi connectivity index (χ0v) is 8.22. The van der Waals surface area contributed by atoms with Crippen LogP contribution < -0.4 is 0 Å². The van der Waals surface area contributed by atoms with E-state index in [4.69, 9.17) is 5.11 Å². The quantitative estimate of drug-likeness (QED) is 0.841. The summed E-state index contributed by atoms with van der Waals surface area (Å²) in [6.07, 6.45) is 1.60. The predicted octanol–water partition coefficient (Wildman–Crippen LogP) is 2.59. The van der Waals surface area contributed by atoms with Crippen molar-refractivity contribution in [1.29, 1.82) is 0 Å². The molecule has 2 rings (SSSR count). The molecule has 1 aromatic heterocycles. The number of aromatic nitrogens is 1. The molecular weight excluding hydrogens is 209 g/mol. The molecule has 0 bridgehead atoms. The summed E-state index contributed by atoms with van der Waals surface area (Å²) in [6.45, 7) is 0. The van der Waals surface area contributed by atoms with Gasteiger partial charge in [-0.05, 0) is 24.3 Å². The summed E-state index contributed by atoms with van der Waals surface area (Å²) in [5, 5.41) is 8.67. The Labute approximate surface area is 91.2 Å². The number of rotatable bonds is 2. The number of halogens is 1. The van der Waals surface area contributed by atoms with Crippen LogP contribution in [0.3, 0.4) is 0 Å². The Morgan fingerprint density at radius 3 is 2.62 bits per heavy atom. The third kappa shape index (κ3) is 1.91. The number of carbonyl (C=O) groups is 1. The Morgan fingerprint density at radius 2 is 2.06 bits per heavy atom. The molecule has 16 heavy (non-hydrogen) atoms. The van der Waals surface area contributed by atoms with Crippen LogP contribution in [-0.4, -0.2) is 16.1 Å². The Bertz CT molecular complexity index is 526. The van der Waals surface area contributed by atoms with Crippen molar-refractivity contribution in [1.82, 2.24) is 4.98 Å². The van der Waals surface area contributed by atoms with Gasteiger partial charge in [-0.2, -0.15) is 0 Å². The van der Waals surface area contributed by atoms with Crippen LogP contribution in [0.1, 0.15) is 10.4 Å². The first-order valence-corrected chi connectivity index (χ1v) is 4.63. The summed E-state index contributed by atoms with van der Waals surface area (Å²) in [5.74, 6) is -2.03. The minimum absolute atomic E-state index is 0.334. The van der Waals surface area contributed by atoms with Gasteiger partial charge in [0.25, 0.3) is 0 Å². The molecule has 0 spiro atoms. The molecule has 0 radical (unpaired) electrons. The van der Waals surface area contributed by atoms with E-state index >= 15 is 0 Å². The number of carboxylic acid groups (broad SMARTS) is 1. The first-order valence-electron chi connectivity index (χ1n) is 4.63. The first-order chi connectivity index (χ1) is 7.68. The maximum atomic E-state index is 13.4. The van der Waals surface area contributed by atoms with E-state index in [1.54, 1.807) is 24.4 Å². The van der Waals surface area contributed by atoms with Crippen LogP contribution in [0.4, 0.5) is 4.39 Å². The molecule has 0 unspecified atom stereocenters. The van der Waals surface area contributed by atoms with Crippen LogP contribution in [0, 0.1) is 5.82 Å². The average Bonchev–Trinajstić information content (AvgIpc) is 2.29. The normalized spacial score (nSPS) is 10.1. The van der Waals surface area contributed by atoms with E-state index in [-0.39, 0.29) is 5.56 Å². The monoisotopic (exact) mass is 217 g/mol. The molecule has 3 nitrogen and oxygen atoms in total. The van der Waals surface area contributed by atoms with E-state index in [9.17, 15) is 9.18 Å². The first kappa shape index (κ1) is 10.3. The van der Waals surface area contributed by atoms with Crippen molar-refractivity contribution in [3.8, 4) is 11.3 Å². The zero-order chi connectivity index (χ0) is 11.5. The lowest BCUT2D eigenvalue weighted by molar-refractivity contribution is 0.0692. The van der Waals surface area contributed by atoms with Crippen LogP contribution in [0.25, 0.3) is 11.3 Å². The Hall–Kier alpha value is -2.23. The summed E-state index contributed by atoms with van der Waals surface area (Å²) in [6, 6.07) is 9.22. The third-order valence-corrected chi connectivity index (χ3v) is 2.16. The molecule has 1 N–H and O–H groups in total. The van der Waals surface area contributed by atoms with Crippen LogP contribution in [0.5, 0.6) is 0 Å². The largest absolute Gasteiger partial charge is 0.478 e. The molecule has 0 aliphatic rings. The number of hydrogen-bond acceptors (Lipinski definition) is 2. The minimum Gasteiger partial charge on any atom is -0.478 e. The maximum absolute atomic E-state index is 13.4. The summed E-state index contributed by atoms with van der Waals surface area (Å²) < 4.78 is 13.4. The molecule has 80 valence electrons. The molecule has 0 saturated heterocycles. The molecule has 0 aliphatic heterocycles. The summed E-state index contributed by atoms with van der Waals surface area (Å²) in [5.41, 5.74) is 0.834. The molecule has 2 aromatic rings. The highest BCUT2D eigenvalue weighted by Gasteiger charge is 2.11. The summed E-state index contributed by atoms with van der Waals surface area (Å²) in [4.78, 5) is 14.7. The minimum atomic E-state index is -1.27. The van der Waals surface area contributed by atoms with Gasteiger partial charge >= 0.3 is 5.97 Å². The fourth-order valence-corrected chi connectivity index (χ4v) is 1.38. The second kappa shape index (κ2) is 4.10. The van der Waals surface area contributed by atoms with E-state index < -0.39 is 11.8 Å². The van der Waals surface area contributed by atoms with E-state index in [0.29, 0.717) is 11.3 Å². The van der Waals surface area contributed by atoms with Gasteiger partial charge in [0.15, 0.2) is 0 Å². The zero-order valence-electron chi connectivity index (χ0n) is 8.22. The van der Waals surface area contributed by atoms with Gasteiger partial charge in [-0.15, -0.1) is 0 Å². The lowest BCUT2D eigenvalue weighted by Gasteiger charge is -2.02. The second-order valence-electron chi connectivity index (χ2n) is 3.21. The van der Waals surface area contributed by atoms with Gasteiger partial charge in [0.1, 0.15) is 5.82 Å². The highest BCUT2D eigenvalue weighted by molar-refractivity contribution is 5.88. The molecule has 0 saturated carbocycles. The summed E-state index contributed by atoms with van der Waals surface area (Å²) >= 11 is 0. The van der Waals surface area contributed by atoms with Gasteiger partial charge in [0.2, 0.25) is 0 Å². The lowest BCUT2D eigenvalue weighted by atomic mass is 10.1. The van der Waals surface area contributed by atoms with Crippen LogP contribution in [0.15, 0.2) is 42.6 Å². The molecule has 4 heteroatoms. The van der Waals surface area contributed by atoms with Crippen molar-refractivity contribution in [2.75, 3.05) is 0 Å². The fraction of sp³-hybridized carbons (Fsp3) is 0. The van der Waals surface area contributed by atoms with E-state index in [2.05, 4.69) is 4.98 Å². The van der Waals surface area contributed by atoms with Gasteiger partial charge in [-0.1, -0.05) is 12.1 Å². The highest BCUT2D eigenvalue weighted by atomic mass is 19.1. The van der Waals surface area contributed by atoms with Crippen LogP contribution in [0.2, 0.25) is 0 Å². The van der Waals surface area contributed by atoms with E-state index in [1.807, 2.05) is 0 Å². The SMILES string of the molecule is O=C(O)c1ccc(-c2ccccn2)cc1F. The average molecular weight is 217 g/mol. The molecule has 0 fully saturated rings. The Balaban J connectivity index is 2.46. The van der Waals surface area contributed by atoms with Gasteiger partial charge in [0.05, 0.1) is 11.3 Å². The molecular formula is C12H8FNO2. The molecule has 1 aromatic carbocycles. The van der Waals surface area contributed by atoms with Gasteiger partial charge in [-0.25, -0.2) is 9.18 Å². The predicted molar refractivity (Wildman–Crippen MR) is 56.6 cm³/mol. The summed E-state index contributed by atoms with van der Waals surface area (Å²) in [7, 11) is 0. The smallest absolute Gasteiger partial charge is 0.338 e.